The van der Waals surface area contributed by atoms with Crippen LogP contribution in [0.4, 0.5) is 0 Å². The lowest BCUT2D eigenvalue weighted by atomic mass is 10.1. The van der Waals surface area contributed by atoms with E-state index in [4.69, 9.17) is 9.47 Å². The highest BCUT2D eigenvalue weighted by Gasteiger charge is 2.27. The molecule has 1 atom stereocenters. The Hall–Kier alpha value is -1.84. The van der Waals surface area contributed by atoms with E-state index in [1.807, 2.05) is 12.1 Å². The van der Waals surface area contributed by atoms with E-state index < -0.39 is 18.0 Å². The molecule has 1 aromatic carbocycles. The van der Waals surface area contributed by atoms with Gasteiger partial charge in [-0.15, -0.1) is 0 Å². The Balaban J connectivity index is 2.18. The molecule has 0 fully saturated rings. The number of hydrogen-bond acceptors (Lipinski definition) is 4. The fourth-order valence-electron chi connectivity index (χ4n) is 1.70. The van der Waals surface area contributed by atoms with Crippen molar-refractivity contribution in [3.8, 4) is 5.75 Å². The van der Waals surface area contributed by atoms with Crippen molar-refractivity contribution < 1.29 is 19.1 Å². The van der Waals surface area contributed by atoms with Crippen molar-refractivity contribution >= 4 is 11.9 Å². The van der Waals surface area contributed by atoms with Crippen LogP contribution in [0.5, 0.6) is 5.75 Å². The Morgan fingerprint density at radius 3 is 2.94 bits per heavy atom. The molecule has 1 aliphatic rings. The summed E-state index contributed by atoms with van der Waals surface area (Å²) in [5.74, 6) is -0.407. The van der Waals surface area contributed by atoms with Crippen LogP contribution >= 0.6 is 0 Å². The van der Waals surface area contributed by atoms with Crippen molar-refractivity contribution in [1.29, 1.82) is 0 Å². The summed E-state index contributed by atoms with van der Waals surface area (Å²) < 4.78 is 10.1. The fourth-order valence-corrected chi connectivity index (χ4v) is 1.70. The van der Waals surface area contributed by atoms with Gasteiger partial charge in [0.1, 0.15) is 5.75 Å². The smallest absolute Gasteiger partial charge is 0.352 e. The standard InChI is InChI=1S/C12H12O4/c1-8(13)15-11-7-6-9-4-2-3-5-10(9)16-12(11)14/h2-5,11H,6-7H2,1H3/t11-/m0/s1. The van der Waals surface area contributed by atoms with E-state index in [1.165, 1.54) is 6.92 Å². The number of rotatable bonds is 1. The number of carbonyl (C=O) groups is 2. The minimum Gasteiger partial charge on any atom is -0.450 e. The summed E-state index contributed by atoms with van der Waals surface area (Å²) in [6.07, 6.45) is 0.347. The number of para-hydroxylation sites is 1. The minimum absolute atomic E-state index is 0.465. The van der Waals surface area contributed by atoms with E-state index in [0.717, 1.165) is 5.56 Å². The SMILES string of the molecule is CC(=O)O[C@H]1CCc2ccccc2OC1=O. The van der Waals surface area contributed by atoms with Gasteiger partial charge in [-0.3, -0.25) is 4.79 Å². The topological polar surface area (TPSA) is 52.6 Å². The van der Waals surface area contributed by atoms with Crippen LogP contribution in [-0.2, 0) is 20.7 Å². The van der Waals surface area contributed by atoms with Crippen molar-refractivity contribution in [1.82, 2.24) is 0 Å². The Bertz CT molecular complexity index is 425. The van der Waals surface area contributed by atoms with Gasteiger partial charge in [0.25, 0.3) is 0 Å². The molecule has 2 rings (SSSR count). The molecule has 0 aromatic heterocycles. The van der Waals surface area contributed by atoms with E-state index in [0.29, 0.717) is 18.6 Å². The lowest BCUT2D eigenvalue weighted by molar-refractivity contribution is -0.160. The molecule has 16 heavy (non-hydrogen) atoms. The summed E-state index contributed by atoms with van der Waals surface area (Å²) in [4.78, 5) is 22.4. The highest BCUT2D eigenvalue weighted by Crippen LogP contribution is 2.25. The van der Waals surface area contributed by atoms with Gasteiger partial charge in [-0.1, -0.05) is 18.2 Å². The van der Waals surface area contributed by atoms with Crippen molar-refractivity contribution in [3.63, 3.8) is 0 Å². The van der Waals surface area contributed by atoms with E-state index in [-0.39, 0.29) is 0 Å². The zero-order chi connectivity index (χ0) is 11.5. The molecular formula is C12H12O4. The Morgan fingerprint density at radius 1 is 1.44 bits per heavy atom. The molecule has 1 aliphatic heterocycles. The van der Waals surface area contributed by atoms with E-state index in [9.17, 15) is 9.59 Å². The maximum Gasteiger partial charge on any atom is 0.352 e. The Labute approximate surface area is 93.2 Å². The second-order valence-electron chi connectivity index (χ2n) is 3.67. The van der Waals surface area contributed by atoms with Crippen molar-refractivity contribution in [2.45, 2.75) is 25.9 Å². The summed E-state index contributed by atoms with van der Waals surface area (Å²) in [7, 11) is 0. The summed E-state index contributed by atoms with van der Waals surface area (Å²) in [6, 6.07) is 7.33. The van der Waals surface area contributed by atoms with Crippen LogP contribution < -0.4 is 4.74 Å². The van der Waals surface area contributed by atoms with Crippen LogP contribution in [0.25, 0.3) is 0 Å². The molecule has 0 spiro atoms. The summed E-state index contributed by atoms with van der Waals surface area (Å²) in [5.41, 5.74) is 0.963. The van der Waals surface area contributed by atoms with E-state index in [2.05, 4.69) is 0 Å². The highest BCUT2D eigenvalue weighted by atomic mass is 16.6. The van der Waals surface area contributed by atoms with Crippen LogP contribution in [0.15, 0.2) is 24.3 Å². The summed E-state index contributed by atoms with van der Waals surface area (Å²) >= 11 is 0. The maximum atomic E-state index is 11.6. The molecule has 0 N–H and O–H groups in total. The van der Waals surface area contributed by atoms with Crippen LogP contribution in [-0.4, -0.2) is 18.0 Å². The summed E-state index contributed by atoms with van der Waals surface area (Å²) in [6.45, 7) is 1.28. The molecule has 0 saturated heterocycles. The monoisotopic (exact) mass is 220 g/mol. The quantitative estimate of drug-likeness (QED) is 0.531. The molecule has 0 saturated carbocycles. The van der Waals surface area contributed by atoms with Gasteiger partial charge >= 0.3 is 11.9 Å². The van der Waals surface area contributed by atoms with Gasteiger partial charge < -0.3 is 9.47 Å². The first-order valence-corrected chi connectivity index (χ1v) is 5.13. The van der Waals surface area contributed by atoms with Crippen molar-refractivity contribution in [2.75, 3.05) is 0 Å². The first kappa shape index (κ1) is 10.7. The first-order chi connectivity index (χ1) is 7.66. The Morgan fingerprint density at radius 2 is 2.19 bits per heavy atom. The largest absolute Gasteiger partial charge is 0.450 e. The second-order valence-corrected chi connectivity index (χ2v) is 3.67. The number of ether oxygens (including phenoxy) is 2. The maximum absolute atomic E-state index is 11.6. The first-order valence-electron chi connectivity index (χ1n) is 5.13. The van der Waals surface area contributed by atoms with Gasteiger partial charge in [-0.2, -0.15) is 0 Å². The number of benzene rings is 1. The van der Waals surface area contributed by atoms with Crippen LogP contribution in [0, 0.1) is 0 Å². The van der Waals surface area contributed by atoms with Gasteiger partial charge in [0.15, 0.2) is 6.10 Å². The van der Waals surface area contributed by atoms with Gasteiger partial charge in [0, 0.05) is 6.92 Å². The zero-order valence-corrected chi connectivity index (χ0v) is 8.93. The number of hydrogen-bond donors (Lipinski definition) is 0. The molecular weight excluding hydrogens is 208 g/mol. The molecule has 0 unspecified atom stereocenters. The molecule has 0 amide bonds. The molecule has 0 bridgehead atoms. The van der Waals surface area contributed by atoms with Gasteiger partial charge in [-0.25, -0.2) is 4.79 Å². The molecule has 4 heteroatoms. The van der Waals surface area contributed by atoms with E-state index >= 15 is 0 Å². The number of aryl methyl sites for hydroxylation is 1. The molecule has 1 aromatic rings. The van der Waals surface area contributed by atoms with Crippen LogP contribution in [0.1, 0.15) is 18.9 Å². The van der Waals surface area contributed by atoms with Crippen molar-refractivity contribution in [3.05, 3.63) is 29.8 Å². The lowest BCUT2D eigenvalue weighted by Gasteiger charge is -2.11. The van der Waals surface area contributed by atoms with E-state index in [1.54, 1.807) is 12.1 Å². The van der Waals surface area contributed by atoms with Crippen LogP contribution in [0.2, 0.25) is 0 Å². The average Bonchev–Trinajstić information content (AvgIpc) is 2.39. The zero-order valence-electron chi connectivity index (χ0n) is 8.93. The fraction of sp³-hybridized carbons (Fsp3) is 0.333. The normalized spacial score (nSPS) is 19.3. The number of carbonyl (C=O) groups excluding carboxylic acids is 2. The Kier molecular flexibility index (Phi) is 2.90. The third-order valence-electron chi connectivity index (χ3n) is 2.43. The molecule has 1 heterocycles. The van der Waals surface area contributed by atoms with Gasteiger partial charge in [0.2, 0.25) is 0 Å². The predicted octanol–water partition coefficient (Wildman–Crippen LogP) is 1.47. The van der Waals surface area contributed by atoms with Gasteiger partial charge in [-0.05, 0) is 24.5 Å². The third kappa shape index (κ3) is 2.21. The van der Waals surface area contributed by atoms with Gasteiger partial charge in [0.05, 0.1) is 0 Å². The molecule has 0 aliphatic carbocycles. The van der Waals surface area contributed by atoms with Crippen LogP contribution in [0.3, 0.4) is 0 Å². The molecule has 4 nitrogen and oxygen atoms in total. The molecule has 0 radical (unpaired) electrons. The predicted molar refractivity (Wildman–Crippen MR) is 56.0 cm³/mol. The average molecular weight is 220 g/mol. The third-order valence-corrected chi connectivity index (χ3v) is 2.43. The lowest BCUT2D eigenvalue weighted by Crippen LogP contribution is -2.29. The number of fused-ring (bicyclic) bond motifs is 1. The summed E-state index contributed by atoms with van der Waals surface area (Å²) in [5, 5.41) is 0. The number of esters is 2. The minimum atomic E-state index is -0.787. The second kappa shape index (κ2) is 4.35. The van der Waals surface area contributed by atoms with Crippen molar-refractivity contribution in [2.24, 2.45) is 0 Å². The highest BCUT2D eigenvalue weighted by molar-refractivity contribution is 5.81. The molecule has 84 valence electrons.